The molecule has 0 radical (unpaired) electrons. The Bertz CT molecular complexity index is 1190. The second-order valence-corrected chi connectivity index (χ2v) is 7.31. The molecule has 0 N–H and O–H groups in total. The highest BCUT2D eigenvalue weighted by molar-refractivity contribution is 5.95. The van der Waals surface area contributed by atoms with Gasteiger partial charge in [-0.2, -0.15) is 0 Å². The lowest BCUT2D eigenvalue weighted by Gasteiger charge is -2.31. The molecule has 1 amide bonds. The van der Waals surface area contributed by atoms with Crippen molar-refractivity contribution in [3.05, 3.63) is 66.2 Å². The minimum absolute atomic E-state index is 0.0210. The molecule has 4 aromatic rings. The third-order valence-corrected chi connectivity index (χ3v) is 5.60. The van der Waals surface area contributed by atoms with E-state index in [1.165, 1.54) is 0 Å². The number of rotatable bonds is 3. The van der Waals surface area contributed by atoms with Crippen LogP contribution >= 0.6 is 0 Å². The number of nitrogens with zero attached hydrogens (tertiary/aromatic N) is 5. The van der Waals surface area contributed by atoms with Crippen LogP contribution < -0.4 is 4.74 Å². The zero-order valence-electron chi connectivity index (χ0n) is 16.2. The first-order chi connectivity index (χ1) is 14.2. The zero-order chi connectivity index (χ0) is 19.8. The van der Waals surface area contributed by atoms with Gasteiger partial charge < -0.3 is 9.64 Å². The second kappa shape index (κ2) is 7.16. The van der Waals surface area contributed by atoms with Crippen LogP contribution in [0, 0.1) is 0 Å². The Morgan fingerprint density at radius 3 is 2.76 bits per heavy atom. The van der Waals surface area contributed by atoms with E-state index in [9.17, 15) is 4.79 Å². The molecule has 146 valence electrons. The van der Waals surface area contributed by atoms with Gasteiger partial charge in [0, 0.05) is 30.6 Å². The van der Waals surface area contributed by atoms with Crippen molar-refractivity contribution in [1.29, 1.82) is 0 Å². The first-order valence-electron chi connectivity index (χ1n) is 9.76. The number of amides is 1. The number of hydrogen-bond donors (Lipinski definition) is 0. The van der Waals surface area contributed by atoms with Crippen LogP contribution in [-0.2, 0) is 0 Å². The van der Waals surface area contributed by atoms with Crippen molar-refractivity contribution < 1.29 is 9.53 Å². The molecule has 29 heavy (non-hydrogen) atoms. The van der Waals surface area contributed by atoms with E-state index in [1.54, 1.807) is 13.2 Å². The lowest BCUT2D eigenvalue weighted by molar-refractivity contribution is 0.0705. The Morgan fingerprint density at radius 1 is 1.07 bits per heavy atom. The van der Waals surface area contributed by atoms with E-state index in [2.05, 4.69) is 15.2 Å². The van der Waals surface area contributed by atoms with Crippen LogP contribution in [-0.4, -0.2) is 50.6 Å². The Labute approximate surface area is 167 Å². The standard InChI is InChI=1S/C22H21N5O2/c1-29-17-6-8-18-16(14-17)5-7-19(23-18)22(28)26-12-9-15(10-13-26)21-25-24-20-4-2-3-11-27(20)21/h2-8,11,14-15H,9-10,12-13H2,1H3. The topological polar surface area (TPSA) is 72.6 Å². The highest BCUT2D eigenvalue weighted by Gasteiger charge is 2.28. The Balaban J connectivity index is 1.31. The maximum Gasteiger partial charge on any atom is 0.272 e. The number of carbonyl (C=O) groups excluding carboxylic acids is 1. The third kappa shape index (κ3) is 3.18. The molecular formula is C22H21N5O2. The van der Waals surface area contributed by atoms with Gasteiger partial charge >= 0.3 is 0 Å². The van der Waals surface area contributed by atoms with Crippen LogP contribution in [0.3, 0.4) is 0 Å². The van der Waals surface area contributed by atoms with Crippen LogP contribution in [0.2, 0.25) is 0 Å². The zero-order valence-corrected chi connectivity index (χ0v) is 16.2. The SMILES string of the molecule is COc1ccc2nc(C(=O)N3CCC(c4nnc5ccccn45)CC3)ccc2c1. The van der Waals surface area contributed by atoms with Gasteiger partial charge in [0.05, 0.1) is 12.6 Å². The summed E-state index contributed by atoms with van der Waals surface area (Å²) in [6.07, 6.45) is 3.73. The maximum atomic E-state index is 13.0. The first kappa shape index (κ1) is 17.6. The van der Waals surface area contributed by atoms with Gasteiger partial charge in [0.15, 0.2) is 5.65 Å². The largest absolute Gasteiger partial charge is 0.497 e. The summed E-state index contributed by atoms with van der Waals surface area (Å²) in [6, 6.07) is 15.3. The van der Waals surface area contributed by atoms with Crippen molar-refractivity contribution in [2.75, 3.05) is 20.2 Å². The quantitative estimate of drug-likeness (QED) is 0.539. The second-order valence-electron chi connectivity index (χ2n) is 7.31. The average Bonchev–Trinajstić information content (AvgIpc) is 3.22. The van der Waals surface area contributed by atoms with Crippen molar-refractivity contribution in [2.45, 2.75) is 18.8 Å². The molecule has 0 saturated carbocycles. The Hall–Kier alpha value is -3.48. The van der Waals surface area contributed by atoms with Crippen molar-refractivity contribution >= 4 is 22.5 Å². The lowest BCUT2D eigenvalue weighted by Crippen LogP contribution is -2.38. The molecule has 0 aliphatic carbocycles. The number of ether oxygens (including phenoxy) is 1. The summed E-state index contributed by atoms with van der Waals surface area (Å²) in [5.74, 6) is 2.03. The summed E-state index contributed by atoms with van der Waals surface area (Å²) >= 11 is 0. The lowest BCUT2D eigenvalue weighted by atomic mass is 9.95. The predicted molar refractivity (Wildman–Crippen MR) is 109 cm³/mol. The predicted octanol–water partition coefficient (Wildman–Crippen LogP) is 3.31. The Morgan fingerprint density at radius 2 is 1.93 bits per heavy atom. The molecule has 7 nitrogen and oxygen atoms in total. The van der Waals surface area contributed by atoms with Crippen LogP contribution in [0.15, 0.2) is 54.7 Å². The van der Waals surface area contributed by atoms with Crippen LogP contribution in [0.5, 0.6) is 5.75 Å². The third-order valence-electron chi connectivity index (χ3n) is 5.60. The Kier molecular flexibility index (Phi) is 4.35. The van der Waals surface area contributed by atoms with E-state index < -0.39 is 0 Å². The number of piperidine rings is 1. The van der Waals surface area contributed by atoms with Crippen molar-refractivity contribution in [2.24, 2.45) is 0 Å². The van der Waals surface area contributed by atoms with Gasteiger partial charge in [-0.25, -0.2) is 4.98 Å². The van der Waals surface area contributed by atoms with Gasteiger partial charge in [0.1, 0.15) is 17.3 Å². The van der Waals surface area contributed by atoms with Crippen LogP contribution in [0.25, 0.3) is 16.6 Å². The summed E-state index contributed by atoms with van der Waals surface area (Å²) in [5.41, 5.74) is 2.13. The van der Waals surface area contributed by atoms with Crippen molar-refractivity contribution in [1.82, 2.24) is 24.5 Å². The van der Waals surface area contributed by atoms with E-state index in [1.807, 2.05) is 58.0 Å². The molecule has 0 bridgehead atoms. The van der Waals surface area contributed by atoms with Crippen molar-refractivity contribution in [3.8, 4) is 5.75 Å². The number of aromatic nitrogens is 4. The summed E-state index contributed by atoms with van der Waals surface area (Å²) in [7, 11) is 1.64. The van der Waals surface area contributed by atoms with E-state index in [0.29, 0.717) is 24.7 Å². The molecule has 1 aliphatic rings. The van der Waals surface area contributed by atoms with Crippen LogP contribution in [0.4, 0.5) is 0 Å². The smallest absolute Gasteiger partial charge is 0.272 e. The molecular weight excluding hydrogens is 366 g/mol. The summed E-state index contributed by atoms with van der Waals surface area (Å²) in [6.45, 7) is 1.38. The molecule has 1 fully saturated rings. The highest BCUT2D eigenvalue weighted by Crippen LogP contribution is 2.28. The fourth-order valence-corrected chi connectivity index (χ4v) is 3.99. The first-order valence-corrected chi connectivity index (χ1v) is 9.76. The number of carbonyl (C=O) groups is 1. The van der Waals surface area contributed by atoms with E-state index in [4.69, 9.17) is 4.74 Å². The molecule has 1 aliphatic heterocycles. The van der Waals surface area contributed by atoms with Gasteiger partial charge in [-0.1, -0.05) is 12.1 Å². The molecule has 0 unspecified atom stereocenters. The number of fused-ring (bicyclic) bond motifs is 2. The monoisotopic (exact) mass is 387 g/mol. The average molecular weight is 387 g/mol. The van der Waals surface area contributed by atoms with Gasteiger partial charge in [0.25, 0.3) is 5.91 Å². The number of pyridine rings is 2. The number of likely N-dealkylation sites (tertiary alicyclic amines) is 1. The fraction of sp³-hybridized carbons (Fsp3) is 0.273. The molecule has 0 spiro atoms. The van der Waals surface area contributed by atoms with E-state index in [0.717, 1.165) is 41.0 Å². The molecule has 4 heterocycles. The minimum Gasteiger partial charge on any atom is -0.497 e. The number of methoxy groups -OCH3 is 1. The van der Waals surface area contributed by atoms with Gasteiger partial charge in [-0.05, 0) is 49.2 Å². The summed E-state index contributed by atoms with van der Waals surface area (Å²) in [4.78, 5) is 19.4. The molecule has 0 atom stereocenters. The summed E-state index contributed by atoms with van der Waals surface area (Å²) < 4.78 is 7.29. The van der Waals surface area contributed by atoms with Crippen molar-refractivity contribution in [3.63, 3.8) is 0 Å². The highest BCUT2D eigenvalue weighted by atomic mass is 16.5. The number of hydrogen-bond acceptors (Lipinski definition) is 5. The molecule has 3 aromatic heterocycles. The van der Waals surface area contributed by atoms with Gasteiger partial charge in [-0.3, -0.25) is 9.20 Å². The fourth-order valence-electron chi connectivity index (χ4n) is 3.99. The molecule has 7 heteroatoms. The van der Waals surface area contributed by atoms with E-state index in [-0.39, 0.29) is 5.91 Å². The maximum absolute atomic E-state index is 13.0. The normalized spacial score (nSPS) is 15.1. The number of benzene rings is 1. The minimum atomic E-state index is -0.0210. The summed E-state index contributed by atoms with van der Waals surface area (Å²) in [5, 5.41) is 9.59. The molecule has 1 saturated heterocycles. The molecule has 1 aromatic carbocycles. The van der Waals surface area contributed by atoms with Gasteiger partial charge in [0.2, 0.25) is 0 Å². The van der Waals surface area contributed by atoms with Gasteiger partial charge in [-0.15, -0.1) is 10.2 Å². The molecule has 5 rings (SSSR count). The van der Waals surface area contributed by atoms with Crippen LogP contribution in [0.1, 0.15) is 35.1 Å². The van der Waals surface area contributed by atoms with E-state index >= 15 is 0 Å².